The zero-order valence-corrected chi connectivity index (χ0v) is 11.2. The summed E-state index contributed by atoms with van der Waals surface area (Å²) in [6, 6.07) is 12.6. The van der Waals surface area contributed by atoms with Crippen molar-refractivity contribution in [1.82, 2.24) is 0 Å². The van der Waals surface area contributed by atoms with E-state index < -0.39 is 11.7 Å². The standard InChI is InChI=1S/C17H13F3O/c18-17(19,20)13-7-5-11(6-8-13)9-16(21)15-10-12-3-1-2-4-14(12)15/h1-8,15H,9-10H2. The van der Waals surface area contributed by atoms with Gasteiger partial charge in [-0.15, -0.1) is 0 Å². The van der Waals surface area contributed by atoms with Gasteiger partial charge < -0.3 is 0 Å². The number of benzene rings is 2. The molecule has 1 aliphatic rings. The van der Waals surface area contributed by atoms with Gasteiger partial charge in [0.15, 0.2) is 0 Å². The number of carbonyl (C=O) groups is 1. The molecule has 0 heterocycles. The highest BCUT2D eigenvalue weighted by Crippen LogP contribution is 2.36. The lowest BCUT2D eigenvalue weighted by molar-refractivity contribution is -0.137. The number of Topliss-reactive ketones (excluding diaryl/α,β-unsaturated/α-hetero) is 1. The second-order valence-corrected chi connectivity index (χ2v) is 5.29. The first-order valence-electron chi connectivity index (χ1n) is 6.72. The SMILES string of the molecule is O=C(Cc1ccc(C(F)(F)F)cc1)C1Cc2ccccc21. The average Bonchev–Trinajstić information content (AvgIpc) is 2.40. The fraction of sp³-hybridized carbons (Fsp3) is 0.235. The summed E-state index contributed by atoms with van der Waals surface area (Å²) in [7, 11) is 0. The molecule has 2 aromatic carbocycles. The fourth-order valence-corrected chi connectivity index (χ4v) is 2.68. The van der Waals surface area contributed by atoms with E-state index in [2.05, 4.69) is 0 Å². The molecule has 0 saturated heterocycles. The number of alkyl halides is 3. The Morgan fingerprint density at radius 2 is 1.71 bits per heavy atom. The zero-order chi connectivity index (χ0) is 15.0. The smallest absolute Gasteiger partial charge is 0.299 e. The molecule has 1 nitrogen and oxygen atoms in total. The van der Waals surface area contributed by atoms with E-state index in [0.717, 1.165) is 24.1 Å². The Morgan fingerprint density at radius 3 is 2.33 bits per heavy atom. The molecule has 0 aliphatic heterocycles. The van der Waals surface area contributed by atoms with Gasteiger partial charge in [0.1, 0.15) is 5.78 Å². The first-order valence-corrected chi connectivity index (χ1v) is 6.72. The number of halogens is 3. The van der Waals surface area contributed by atoms with E-state index in [0.29, 0.717) is 5.56 Å². The predicted octanol–water partition coefficient (Wildman–Crippen LogP) is 4.16. The monoisotopic (exact) mass is 290 g/mol. The molecule has 0 bridgehead atoms. The van der Waals surface area contributed by atoms with Crippen molar-refractivity contribution in [1.29, 1.82) is 0 Å². The highest BCUT2D eigenvalue weighted by molar-refractivity contribution is 5.90. The summed E-state index contributed by atoms with van der Waals surface area (Å²) in [6.45, 7) is 0. The second-order valence-electron chi connectivity index (χ2n) is 5.29. The molecule has 21 heavy (non-hydrogen) atoms. The highest BCUT2D eigenvalue weighted by Gasteiger charge is 2.32. The van der Waals surface area contributed by atoms with Crippen molar-refractivity contribution in [3.05, 3.63) is 70.8 Å². The van der Waals surface area contributed by atoms with Gasteiger partial charge in [-0.25, -0.2) is 0 Å². The third-order valence-corrected chi connectivity index (χ3v) is 3.90. The van der Waals surface area contributed by atoms with Crippen molar-refractivity contribution < 1.29 is 18.0 Å². The second kappa shape index (κ2) is 5.02. The first-order chi connectivity index (χ1) is 9.95. The van der Waals surface area contributed by atoms with Crippen molar-refractivity contribution in [2.75, 3.05) is 0 Å². The minimum Gasteiger partial charge on any atom is -0.299 e. The third kappa shape index (κ3) is 2.71. The molecule has 0 spiro atoms. The van der Waals surface area contributed by atoms with E-state index in [1.54, 1.807) is 0 Å². The van der Waals surface area contributed by atoms with Gasteiger partial charge >= 0.3 is 6.18 Å². The Hall–Kier alpha value is -2.10. The van der Waals surface area contributed by atoms with Gasteiger partial charge in [-0.3, -0.25) is 4.79 Å². The molecule has 4 heteroatoms. The van der Waals surface area contributed by atoms with E-state index in [1.165, 1.54) is 17.7 Å². The summed E-state index contributed by atoms with van der Waals surface area (Å²) in [5.74, 6) is -0.0445. The molecule has 0 fully saturated rings. The van der Waals surface area contributed by atoms with Crippen LogP contribution in [0.3, 0.4) is 0 Å². The zero-order valence-electron chi connectivity index (χ0n) is 11.2. The first kappa shape index (κ1) is 13.9. The van der Waals surface area contributed by atoms with Crippen LogP contribution in [0.1, 0.15) is 28.2 Å². The molecular weight excluding hydrogens is 277 g/mol. The molecular formula is C17H13F3O. The van der Waals surface area contributed by atoms with Gasteiger partial charge in [0.2, 0.25) is 0 Å². The van der Waals surface area contributed by atoms with Gasteiger partial charge in [0, 0.05) is 12.3 Å². The van der Waals surface area contributed by atoms with Crippen LogP contribution in [0.25, 0.3) is 0 Å². The summed E-state index contributed by atoms with van der Waals surface area (Å²) < 4.78 is 37.4. The topological polar surface area (TPSA) is 17.1 Å². The van der Waals surface area contributed by atoms with Crippen molar-refractivity contribution in [2.45, 2.75) is 24.9 Å². The number of ketones is 1. The molecule has 0 amide bonds. The Bertz CT molecular complexity index is 671. The molecule has 2 aromatic rings. The molecule has 108 valence electrons. The molecule has 1 atom stereocenters. The summed E-state index contributed by atoms with van der Waals surface area (Å²) in [6.07, 6.45) is -3.43. The lowest BCUT2D eigenvalue weighted by Gasteiger charge is -2.28. The maximum atomic E-state index is 12.5. The maximum Gasteiger partial charge on any atom is 0.416 e. The number of carbonyl (C=O) groups excluding carboxylic acids is 1. The van der Waals surface area contributed by atoms with Crippen LogP contribution >= 0.6 is 0 Å². The molecule has 1 aliphatic carbocycles. The average molecular weight is 290 g/mol. The minimum atomic E-state index is -4.34. The van der Waals surface area contributed by atoms with Crippen LogP contribution in [0.2, 0.25) is 0 Å². The molecule has 1 unspecified atom stereocenters. The number of hydrogen-bond donors (Lipinski definition) is 0. The van der Waals surface area contributed by atoms with Crippen molar-refractivity contribution in [3.8, 4) is 0 Å². The molecule has 0 aromatic heterocycles. The van der Waals surface area contributed by atoms with Crippen LogP contribution in [0.15, 0.2) is 48.5 Å². The van der Waals surface area contributed by atoms with E-state index in [-0.39, 0.29) is 18.1 Å². The Kier molecular flexibility index (Phi) is 3.32. The lowest BCUT2D eigenvalue weighted by Crippen LogP contribution is -2.26. The van der Waals surface area contributed by atoms with Crippen LogP contribution in [0.4, 0.5) is 13.2 Å². The van der Waals surface area contributed by atoms with E-state index in [1.807, 2.05) is 24.3 Å². The summed E-state index contributed by atoms with van der Waals surface area (Å²) >= 11 is 0. The normalized spacial score (nSPS) is 17.0. The largest absolute Gasteiger partial charge is 0.416 e. The number of rotatable bonds is 3. The lowest BCUT2D eigenvalue weighted by atomic mass is 9.74. The maximum absolute atomic E-state index is 12.5. The summed E-state index contributed by atoms with van der Waals surface area (Å²) in [5, 5.41) is 0. The van der Waals surface area contributed by atoms with Crippen molar-refractivity contribution in [3.63, 3.8) is 0 Å². The molecule has 0 N–H and O–H groups in total. The molecule has 3 rings (SSSR count). The van der Waals surface area contributed by atoms with Gasteiger partial charge in [-0.05, 0) is 35.2 Å². The molecule has 0 radical (unpaired) electrons. The van der Waals surface area contributed by atoms with Gasteiger partial charge in [-0.2, -0.15) is 13.2 Å². The van der Waals surface area contributed by atoms with E-state index in [4.69, 9.17) is 0 Å². The van der Waals surface area contributed by atoms with Gasteiger partial charge in [0.05, 0.1) is 5.56 Å². The Labute approximate surface area is 120 Å². The van der Waals surface area contributed by atoms with Crippen LogP contribution in [0, 0.1) is 0 Å². The summed E-state index contributed by atoms with van der Waals surface area (Å²) in [5.41, 5.74) is 2.17. The van der Waals surface area contributed by atoms with E-state index in [9.17, 15) is 18.0 Å². The number of fused-ring (bicyclic) bond motifs is 1. The quantitative estimate of drug-likeness (QED) is 0.829. The van der Waals surface area contributed by atoms with Gasteiger partial charge in [0.25, 0.3) is 0 Å². The molecule has 0 saturated carbocycles. The van der Waals surface area contributed by atoms with E-state index >= 15 is 0 Å². The van der Waals surface area contributed by atoms with Crippen LogP contribution in [-0.2, 0) is 23.8 Å². The van der Waals surface area contributed by atoms with Crippen LogP contribution < -0.4 is 0 Å². The van der Waals surface area contributed by atoms with Crippen LogP contribution in [0.5, 0.6) is 0 Å². The summed E-state index contributed by atoms with van der Waals surface area (Å²) in [4.78, 5) is 12.2. The van der Waals surface area contributed by atoms with Crippen LogP contribution in [-0.4, -0.2) is 5.78 Å². The van der Waals surface area contributed by atoms with Crippen molar-refractivity contribution >= 4 is 5.78 Å². The predicted molar refractivity (Wildman–Crippen MR) is 73.0 cm³/mol. The Morgan fingerprint density at radius 1 is 1.05 bits per heavy atom. The Balaban J connectivity index is 1.69. The fourth-order valence-electron chi connectivity index (χ4n) is 2.68. The van der Waals surface area contributed by atoms with Crippen molar-refractivity contribution in [2.24, 2.45) is 0 Å². The van der Waals surface area contributed by atoms with Gasteiger partial charge in [-0.1, -0.05) is 36.4 Å². The number of hydrogen-bond acceptors (Lipinski definition) is 1. The third-order valence-electron chi connectivity index (χ3n) is 3.90. The minimum absolute atomic E-state index is 0.0634. The highest BCUT2D eigenvalue weighted by atomic mass is 19.4.